The molecule has 0 fully saturated rings. The molecular formula is C17H21BrN2S. The Hall–Kier alpha value is -0.840. The van der Waals surface area contributed by atoms with E-state index in [2.05, 4.69) is 69.6 Å². The van der Waals surface area contributed by atoms with Crippen molar-refractivity contribution in [2.24, 2.45) is 0 Å². The second kappa shape index (κ2) is 9.23. The van der Waals surface area contributed by atoms with Gasteiger partial charge >= 0.3 is 0 Å². The molecule has 0 saturated heterocycles. The Morgan fingerprint density at radius 1 is 1.19 bits per heavy atom. The van der Waals surface area contributed by atoms with Gasteiger partial charge in [0.2, 0.25) is 0 Å². The van der Waals surface area contributed by atoms with Crippen molar-refractivity contribution in [1.82, 2.24) is 10.3 Å². The lowest BCUT2D eigenvalue weighted by Crippen LogP contribution is -2.34. The zero-order valence-corrected chi connectivity index (χ0v) is 14.7. The highest BCUT2D eigenvalue weighted by Crippen LogP contribution is 2.27. The number of benzene rings is 1. The average molecular weight is 365 g/mol. The highest BCUT2D eigenvalue weighted by atomic mass is 79.9. The van der Waals surface area contributed by atoms with Crippen molar-refractivity contribution in [2.75, 3.05) is 12.3 Å². The fraction of sp³-hybridized carbons (Fsp3) is 0.353. The molecule has 1 heterocycles. The average Bonchev–Trinajstić information content (AvgIpc) is 2.52. The standard InChI is InChI=1S/C17H21BrN2S/c1-2-9-20-15(12-14-7-10-19-11-8-14)13-21-17-6-4-3-5-16(17)18/h3-8,10-11,15,20H,2,9,12-13H2,1H3. The molecular weight excluding hydrogens is 344 g/mol. The molecule has 1 unspecified atom stereocenters. The molecule has 1 atom stereocenters. The lowest BCUT2D eigenvalue weighted by molar-refractivity contribution is 0.550. The van der Waals surface area contributed by atoms with Crippen LogP contribution in [-0.2, 0) is 6.42 Å². The van der Waals surface area contributed by atoms with Crippen LogP contribution in [0.1, 0.15) is 18.9 Å². The van der Waals surface area contributed by atoms with Crippen molar-refractivity contribution in [3.05, 3.63) is 58.8 Å². The summed E-state index contributed by atoms with van der Waals surface area (Å²) in [5.41, 5.74) is 1.34. The quantitative estimate of drug-likeness (QED) is 0.695. The highest BCUT2D eigenvalue weighted by molar-refractivity contribution is 9.10. The van der Waals surface area contributed by atoms with Crippen LogP contribution in [0.2, 0.25) is 0 Å². The molecule has 2 nitrogen and oxygen atoms in total. The van der Waals surface area contributed by atoms with E-state index in [4.69, 9.17) is 0 Å². The fourth-order valence-electron chi connectivity index (χ4n) is 2.09. The van der Waals surface area contributed by atoms with Gasteiger partial charge in [0.15, 0.2) is 0 Å². The molecule has 0 aliphatic carbocycles. The van der Waals surface area contributed by atoms with Gasteiger partial charge in [0.25, 0.3) is 0 Å². The van der Waals surface area contributed by atoms with Crippen molar-refractivity contribution in [3.63, 3.8) is 0 Å². The summed E-state index contributed by atoms with van der Waals surface area (Å²) in [4.78, 5) is 5.39. The van der Waals surface area contributed by atoms with Gasteiger partial charge in [-0.1, -0.05) is 19.1 Å². The van der Waals surface area contributed by atoms with Crippen LogP contribution in [0.15, 0.2) is 58.2 Å². The summed E-state index contributed by atoms with van der Waals surface area (Å²) in [5, 5.41) is 3.65. The van der Waals surface area contributed by atoms with Gasteiger partial charge in [-0.15, -0.1) is 11.8 Å². The highest BCUT2D eigenvalue weighted by Gasteiger charge is 2.10. The molecule has 0 saturated carbocycles. The van der Waals surface area contributed by atoms with Crippen LogP contribution in [-0.4, -0.2) is 23.3 Å². The second-order valence-electron chi connectivity index (χ2n) is 4.95. The largest absolute Gasteiger partial charge is 0.313 e. The molecule has 1 N–H and O–H groups in total. The van der Waals surface area contributed by atoms with E-state index < -0.39 is 0 Å². The molecule has 0 amide bonds. The number of nitrogens with zero attached hydrogens (tertiary/aromatic N) is 1. The number of hydrogen-bond donors (Lipinski definition) is 1. The first kappa shape index (κ1) is 16.5. The van der Waals surface area contributed by atoms with Crippen LogP contribution >= 0.6 is 27.7 Å². The van der Waals surface area contributed by atoms with Gasteiger partial charge in [-0.25, -0.2) is 0 Å². The Bertz CT molecular complexity index is 533. The van der Waals surface area contributed by atoms with Gasteiger partial charge in [-0.2, -0.15) is 0 Å². The normalized spacial score (nSPS) is 12.3. The zero-order valence-electron chi connectivity index (χ0n) is 12.3. The molecule has 0 aliphatic rings. The van der Waals surface area contributed by atoms with Crippen LogP contribution in [0.25, 0.3) is 0 Å². The van der Waals surface area contributed by atoms with E-state index in [1.165, 1.54) is 14.9 Å². The van der Waals surface area contributed by atoms with Crippen LogP contribution in [0.4, 0.5) is 0 Å². The summed E-state index contributed by atoms with van der Waals surface area (Å²) in [6.45, 7) is 3.27. The Labute approximate surface area is 139 Å². The smallest absolute Gasteiger partial charge is 0.0311 e. The predicted molar refractivity (Wildman–Crippen MR) is 94.9 cm³/mol. The number of nitrogens with one attached hydrogen (secondary N) is 1. The first-order valence-corrected chi connectivity index (χ1v) is 9.07. The Morgan fingerprint density at radius 2 is 1.95 bits per heavy atom. The number of pyridine rings is 1. The van der Waals surface area contributed by atoms with Gasteiger partial charge in [0, 0.05) is 33.6 Å². The third kappa shape index (κ3) is 5.81. The maximum absolute atomic E-state index is 4.09. The van der Waals surface area contributed by atoms with E-state index >= 15 is 0 Å². The van der Waals surface area contributed by atoms with Crippen molar-refractivity contribution < 1.29 is 0 Å². The maximum Gasteiger partial charge on any atom is 0.0311 e. The van der Waals surface area contributed by atoms with Crippen LogP contribution in [0.5, 0.6) is 0 Å². The summed E-state index contributed by atoms with van der Waals surface area (Å²) >= 11 is 5.52. The topological polar surface area (TPSA) is 24.9 Å². The maximum atomic E-state index is 4.09. The number of halogens is 1. The van der Waals surface area contributed by atoms with E-state index in [1.54, 1.807) is 0 Å². The van der Waals surface area contributed by atoms with Crippen molar-refractivity contribution in [1.29, 1.82) is 0 Å². The van der Waals surface area contributed by atoms with Gasteiger partial charge in [0.05, 0.1) is 0 Å². The van der Waals surface area contributed by atoms with Crippen molar-refractivity contribution in [3.8, 4) is 0 Å². The number of thioether (sulfide) groups is 1. The van der Waals surface area contributed by atoms with E-state index in [-0.39, 0.29) is 0 Å². The monoisotopic (exact) mass is 364 g/mol. The van der Waals surface area contributed by atoms with Gasteiger partial charge in [-0.3, -0.25) is 4.98 Å². The van der Waals surface area contributed by atoms with Crippen LogP contribution in [0.3, 0.4) is 0 Å². The molecule has 1 aromatic carbocycles. The Morgan fingerprint density at radius 3 is 2.67 bits per heavy atom. The molecule has 4 heteroatoms. The molecule has 2 rings (SSSR count). The molecule has 1 aromatic heterocycles. The third-order valence-corrected chi connectivity index (χ3v) is 5.38. The Balaban J connectivity index is 1.94. The molecule has 0 radical (unpaired) electrons. The summed E-state index contributed by atoms with van der Waals surface area (Å²) in [5.74, 6) is 1.06. The summed E-state index contributed by atoms with van der Waals surface area (Å²) in [6, 6.07) is 13.1. The molecule has 2 aromatic rings. The zero-order chi connectivity index (χ0) is 14.9. The molecule has 112 valence electrons. The molecule has 0 spiro atoms. The van der Waals surface area contributed by atoms with Crippen LogP contribution in [0, 0.1) is 0 Å². The summed E-state index contributed by atoms with van der Waals surface area (Å²) in [6.07, 6.45) is 5.94. The number of aromatic nitrogens is 1. The Kier molecular flexibility index (Phi) is 7.27. The van der Waals surface area contributed by atoms with Crippen molar-refractivity contribution >= 4 is 27.7 Å². The lowest BCUT2D eigenvalue weighted by atomic mass is 10.1. The summed E-state index contributed by atoms with van der Waals surface area (Å²) in [7, 11) is 0. The van der Waals surface area contributed by atoms with Gasteiger partial charge in [-0.05, 0) is 65.1 Å². The molecule has 0 bridgehead atoms. The van der Waals surface area contributed by atoms with Gasteiger partial charge < -0.3 is 5.32 Å². The van der Waals surface area contributed by atoms with Crippen LogP contribution < -0.4 is 5.32 Å². The summed E-state index contributed by atoms with van der Waals surface area (Å²) < 4.78 is 1.17. The first-order valence-electron chi connectivity index (χ1n) is 7.29. The molecule has 0 aliphatic heterocycles. The fourth-order valence-corrected chi connectivity index (χ4v) is 3.72. The second-order valence-corrected chi connectivity index (χ2v) is 6.87. The van der Waals surface area contributed by atoms with E-state index in [0.29, 0.717) is 6.04 Å². The van der Waals surface area contributed by atoms with Crippen molar-refractivity contribution in [2.45, 2.75) is 30.7 Å². The van der Waals surface area contributed by atoms with Gasteiger partial charge in [0.1, 0.15) is 0 Å². The lowest BCUT2D eigenvalue weighted by Gasteiger charge is -2.18. The van der Waals surface area contributed by atoms with E-state index in [0.717, 1.165) is 25.1 Å². The third-order valence-electron chi connectivity index (χ3n) is 3.19. The van der Waals surface area contributed by atoms with E-state index in [9.17, 15) is 0 Å². The predicted octanol–water partition coefficient (Wildman–Crippen LogP) is 4.55. The van der Waals surface area contributed by atoms with E-state index in [1.807, 2.05) is 24.2 Å². The SMILES string of the molecule is CCCNC(CSc1ccccc1Br)Cc1ccncc1. The molecule has 21 heavy (non-hydrogen) atoms. The first-order chi connectivity index (χ1) is 10.3. The minimum absolute atomic E-state index is 0.476. The minimum atomic E-state index is 0.476. The minimum Gasteiger partial charge on any atom is -0.313 e. The number of rotatable bonds is 8. The number of hydrogen-bond acceptors (Lipinski definition) is 3.